The van der Waals surface area contributed by atoms with Crippen LogP contribution in [0.15, 0.2) is 53.6 Å². The van der Waals surface area contributed by atoms with Crippen LogP contribution in [0.5, 0.6) is 11.5 Å². The number of nitrogens with zero attached hydrogens (tertiary/aromatic N) is 1. The van der Waals surface area contributed by atoms with E-state index in [-0.39, 0.29) is 16.3 Å². The highest BCUT2D eigenvalue weighted by molar-refractivity contribution is 7.92. The molecule has 3 N–H and O–H groups in total. The summed E-state index contributed by atoms with van der Waals surface area (Å²) in [4.78, 5) is 15.5. The monoisotopic (exact) mass is 387 g/mol. The lowest BCUT2D eigenvalue weighted by Gasteiger charge is -2.13. The summed E-state index contributed by atoms with van der Waals surface area (Å²) in [5.74, 6) is -0.0315. The summed E-state index contributed by atoms with van der Waals surface area (Å²) in [5, 5.41) is 0.573. The van der Waals surface area contributed by atoms with Gasteiger partial charge in [0.05, 0.1) is 31.6 Å². The molecule has 0 spiro atoms. The molecule has 1 amide bonds. The van der Waals surface area contributed by atoms with Gasteiger partial charge in [0.15, 0.2) is 0 Å². The van der Waals surface area contributed by atoms with Gasteiger partial charge in [0.2, 0.25) is 5.91 Å². The molecule has 0 aliphatic carbocycles. The molecule has 1 heterocycles. The smallest absolute Gasteiger partial charge is 0.265 e. The second-order valence-corrected chi connectivity index (χ2v) is 7.27. The van der Waals surface area contributed by atoms with Crippen LogP contribution in [0.4, 0.5) is 5.69 Å². The molecule has 140 valence electrons. The van der Waals surface area contributed by atoms with Crippen LogP contribution < -0.4 is 19.9 Å². The Morgan fingerprint density at radius 3 is 2.52 bits per heavy atom. The number of amides is 1. The van der Waals surface area contributed by atoms with Crippen molar-refractivity contribution in [1.29, 1.82) is 0 Å². The van der Waals surface area contributed by atoms with Crippen LogP contribution in [0.2, 0.25) is 0 Å². The molecule has 0 unspecified atom stereocenters. The second-order valence-electron chi connectivity index (χ2n) is 5.62. The van der Waals surface area contributed by atoms with E-state index in [0.29, 0.717) is 22.2 Å². The average molecular weight is 387 g/mol. The first-order chi connectivity index (χ1) is 12.8. The molecule has 0 saturated carbocycles. The number of methoxy groups -OCH3 is 2. The Hall–Kier alpha value is -3.33. The highest BCUT2D eigenvalue weighted by Gasteiger charge is 2.21. The standard InChI is InChI=1S/C18H17N3O5S/c1-25-14-4-6-16(26-2)17(9-14)27(23,24)21-13-8-12-7-11(18(19)22)3-5-15(12)20-10-13/h3-10,21H,1-2H3,(H2,19,22). The highest BCUT2D eigenvalue weighted by Crippen LogP contribution is 2.30. The lowest BCUT2D eigenvalue weighted by Crippen LogP contribution is -2.14. The number of hydrogen-bond acceptors (Lipinski definition) is 6. The number of nitrogens with one attached hydrogen (secondary N) is 1. The van der Waals surface area contributed by atoms with E-state index in [1.165, 1.54) is 32.5 Å². The van der Waals surface area contributed by atoms with E-state index >= 15 is 0 Å². The van der Waals surface area contributed by atoms with Crippen LogP contribution in [0.25, 0.3) is 10.9 Å². The third-order valence-electron chi connectivity index (χ3n) is 3.88. The Balaban J connectivity index is 2.02. The fourth-order valence-electron chi connectivity index (χ4n) is 2.54. The minimum Gasteiger partial charge on any atom is -0.497 e. The number of carbonyl (C=O) groups is 1. The number of carbonyl (C=O) groups excluding carboxylic acids is 1. The van der Waals surface area contributed by atoms with Crippen molar-refractivity contribution in [3.63, 3.8) is 0 Å². The van der Waals surface area contributed by atoms with Crippen molar-refractivity contribution in [2.75, 3.05) is 18.9 Å². The largest absolute Gasteiger partial charge is 0.497 e. The molecule has 0 atom stereocenters. The number of benzene rings is 2. The van der Waals surface area contributed by atoms with Crippen LogP contribution in [0.1, 0.15) is 10.4 Å². The van der Waals surface area contributed by atoms with Crippen LogP contribution >= 0.6 is 0 Å². The molecular formula is C18H17N3O5S. The number of ether oxygens (including phenoxy) is 2. The van der Waals surface area contributed by atoms with Gasteiger partial charge in [-0.1, -0.05) is 0 Å². The highest BCUT2D eigenvalue weighted by atomic mass is 32.2. The van der Waals surface area contributed by atoms with E-state index in [9.17, 15) is 13.2 Å². The number of anilines is 1. The minimum atomic E-state index is -3.97. The van der Waals surface area contributed by atoms with E-state index in [2.05, 4.69) is 9.71 Å². The van der Waals surface area contributed by atoms with Gasteiger partial charge < -0.3 is 15.2 Å². The molecule has 2 aromatic carbocycles. The zero-order valence-electron chi connectivity index (χ0n) is 14.6. The summed E-state index contributed by atoms with van der Waals surface area (Å²) < 4.78 is 38.3. The van der Waals surface area contributed by atoms with Gasteiger partial charge in [-0.2, -0.15) is 0 Å². The molecule has 0 aliphatic heterocycles. The first kappa shape index (κ1) is 18.5. The number of aromatic nitrogens is 1. The van der Waals surface area contributed by atoms with Crippen molar-refractivity contribution in [3.05, 3.63) is 54.2 Å². The normalized spacial score (nSPS) is 11.2. The first-order valence-corrected chi connectivity index (χ1v) is 9.27. The van der Waals surface area contributed by atoms with Crippen molar-refractivity contribution < 1.29 is 22.7 Å². The fraction of sp³-hybridized carbons (Fsp3) is 0.111. The van der Waals surface area contributed by atoms with Gasteiger partial charge in [0, 0.05) is 17.0 Å². The van der Waals surface area contributed by atoms with Crippen molar-refractivity contribution in [2.24, 2.45) is 5.73 Å². The van der Waals surface area contributed by atoms with Crippen molar-refractivity contribution >= 4 is 32.5 Å². The van der Waals surface area contributed by atoms with Crippen LogP contribution in [0, 0.1) is 0 Å². The molecule has 3 aromatic rings. The average Bonchev–Trinajstić information content (AvgIpc) is 2.66. The van der Waals surface area contributed by atoms with Gasteiger partial charge in [0.1, 0.15) is 16.4 Å². The predicted molar refractivity (Wildman–Crippen MR) is 101 cm³/mol. The number of primary amides is 1. The van der Waals surface area contributed by atoms with E-state index < -0.39 is 15.9 Å². The fourth-order valence-corrected chi connectivity index (χ4v) is 3.76. The van der Waals surface area contributed by atoms with E-state index in [1.807, 2.05) is 0 Å². The number of rotatable bonds is 6. The van der Waals surface area contributed by atoms with Crippen molar-refractivity contribution in [1.82, 2.24) is 4.98 Å². The summed E-state index contributed by atoms with van der Waals surface area (Å²) in [6.45, 7) is 0. The zero-order valence-corrected chi connectivity index (χ0v) is 15.4. The zero-order chi connectivity index (χ0) is 19.6. The first-order valence-electron chi connectivity index (χ1n) is 7.78. The molecule has 1 aromatic heterocycles. The lowest BCUT2D eigenvalue weighted by atomic mass is 10.1. The van der Waals surface area contributed by atoms with E-state index in [0.717, 1.165) is 0 Å². The molecule has 0 fully saturated rings. The van der Waals surface area contributed by atoms with Gasteiger partial charge in [0.25, 0.3) is 10.0 Å². The second kappa shape index (κ2) is 7.12. The van der Waals surface area contributed by atoms with Crippen LogP contribution in [-0.2, 0) is 10.0 Å². The third kappa shape index (κ3) is 3.77. The maximum atomic E-state index is 12.8. The van der Waals surface area contributed by atoms with Gasteiger partial charge in [-0.05, 0) is 36.4 Å². The Morgan fingerprint density at radius 2 is 1.85 bits per heavy atom. The summed E-state index contributed by atoms with van der Waals surface area (Å²) in [7, 11) is -1.15. The maximum Gasteiger partial charge on any atom is 0.265 e. The lowest BCUT2D eigenvalue weighted by molar-refractivity contribution is 0.100. The number of fused-ring (bicyclic) bond motifs is 1. The molecule has 9 heteroatoms. The molecule has 0 bridgehead atoms. The third-order valence-corrected chi connectivity index (χ3v) is 5.28. The van der Waals surface area contributed by atoms with E-state index in [1.54, 1.807) is 30.3 Å². The van der Waals surface area contributed by atoms with Crippen molar-refractivity contribution in [2.45, 2.75) is 4.90 Å². The van der Waals surface area contributed by atoms with Gasteiger partial charge in [-0.15, -0.1) is 0 Å². The Labute approximate surface area is 156 Å². The Morgan fingerprint density at radius 1 is 1.07 bits per heavy atom. The van der Waals surface area contributed by atoms with Gasteiger partial charge in [-0.25, -0.2) is 8.42 Å². The number of sulfonamides is 1. The predicted octanol–water partition coefficient (Wildman–Crippen LogP) is 2.15. The molecule has 0 saturated heterocycles. The number of nitrogens with two attached hydrogens (primary N) is 1. The maximum absolute atomic E-state index is 12.8. The van der Waals surface area contributed by atoms with Gasteiger partial charge in [-0.3, -0.25) is 14.5 Å². The summed E-state index contributed by atoms with van der Waals surface area (Å²) >= 11 is 0. The Bertz CT molecular complexity index is 1130. The molecule has 8 nitrogen and oxygen atoms in total. The van der Waals surface area contributed by atoms with Crippen LogP contribution in [-0.4, -0.2) is 33.5 Å². The summed E-state index contributed by atoms with van der Waals surface area (Å²) in [5.41, 5.74) is 6.42. The number of pyridine rings is 1. The molecule has 3 rings (SSSR count). The topological polar surface area (TPSA) is 121 Å². The molecule has 0 aliphatic rings. The quantitative estimate of drug-likeness (QED) is 0.669. The summed E-state index contributed by atoms with van der Waals surface area (Å²) in [6, 6.07) is 10.8. The molecule has 0 radical (unpaired) electrons. The molecular weight excluding hydrogens is 370 g/mol. The SMILES string of the molecule is COc1ccc(OC)c(S(=O)(=O)Nc2cnc3ccc(C(N)=O)cc3c2)c1. The molecule has 27 heavy (non-hydrogen) atoms. The van der Waals surface area contributed by atoms with E-state index in [4.69, 9.17) is 15.2 Å². The van der Waals surface area contributed by atoms with Crippen molar-refractivity contribution in [3.8, 4) is 11.5 Å². The minimum absolute atomic E-state index is 0.0738. The summed E-state index contributed by atoms with van der Waals surface area (Å²) in [6.07, 6.45) is 1.39. The Kier molecular flexibility index (Phi) is 4.87. The number of hydrogen-bond donors (Lipinski definition) is 2. The van der Waals surface area contributed by atoms with Crippen LogP contribution in [0.3, 0.4) is 0 Å². The van der Waals surface area contributed by atoms with Gasteiger partial charge >= 0.3 is 0 Å².